The maximum absolute atomic E-state index is 13.5. The molecule has 0 aliphatic heterocycles. The number of halogens is 2. The number of unbranched alkanes of at least 4 members (excludes halogenated alkanes) is 1. The van der Waals surface area contributed by atoms with Gasteiger partial charge in [-0.2, -0.15) is 0 Å². The van der Waals surface area contributed by atoms with Crippen LogP contribution in [0.25, 0.3) is 0 Å². The molecule has 0 amide bonds. The standard InChI is InChI=1S/C13H20BrFN2O2S/c1-10(2)16-8-3-4-9-20(18,19)17-13-11(14)6-5-7-12(13)15/h5-7,10,16-17H,3-4,8-9H2,1-2H3. The van der Waals surface area contributed by atoms with Crippen molar-refractivity contribution in [2.75, 3.05) is 17.0 Å². The molecule has 114 valence electrons. The number of benzene rings is 1. The van der Waals surface area contributed by atoms with Gasteiger partial charge in [-0.25, -0.2) is 12.8 Å². The molecule has 1 aromatic carbocycles. The third-order valence-corrected chi connectivity index (χ3v) is 4.61. The van der Waals surface area contributed by atoms with Gasteiger partial charge < -0.3 is 5.32 Å². The molecule has 0 fully saturated rings. The Morgan fingerprint density at radius 2 is 2.00 bits per heavy atom. The smallest absolute Gasteiger partial charge is 0.232 e. The Morgan fingerprint density at radius 3 is 2.60 bits per heavy atom. The van der Waals surface area contributed by atoms with Gasteiger partial charge in [-0.05, 0) is 47.4 Å². The quantitative estimate of drug-likeness (QED) is 0.695. The van der Waals surface area contributed by atoms with Crippen LogP contribution in [0.4, 0.5) is 10.1 Å². The Kier molecular flexibility index (Phi) is 6.91. The second kappa shape index (κ2) is 7.95. The van der Waals surface area contributed by atoms with Gasteiger partial charge >= 0.3 is 0 Å². The molecule has 20 heavy (non-hydrogen) atoms. The number of hydrogen-bond acceptors (Lipinski definition) is 3. The lowest BCUT2D eigenvalue weighted by Crippen LogP contribution is -2.24. The number of rotatable bonds is 8. The van der Waals surface area contributed by atoms with E-state index in [0.717, 1.165) is 13.0 Å². The van der Waals surface area contributed by atoms with Crippen molar-refractivity contribution in [2.24, 2.45) is 0 Å². The lowest BCUT2D eigenvalue weighted by Gasteiger charge is -2.11. The van der Waals surface area contributed by atoms with Gasteiger partial charge in [0.1, 0.15) is 5.82 Å². The minimum absolute atomic E-state index is 0.0203. The molecular weight excluding hydrogens is 347 g/mol. The van der Waals surface area contributed by atoms with Crippen LogP contribution in [0.2, 0.25) is 0 Å². The van der Waals surface area contributed by atoms with Crippen molar-refractivity contribution in [3.63, 3.8) is 0 Å². The summed E-state index contributed by atoms with van der Waals surface area (Å²) in [4.78, 5) is 0. The van der Waals surface area contributed by atoms with Crippen molar-refractivity contribution >= 4 is 31.6 Å². The molecule has 7 heteroatoms. The van der Waals surface area contributed by atoms with Crippen LogP contribution in [0.5, 0.6) is 0 Å². The summed E-state index contributed by atoms with van der Waals surface area (Å²) in [7, 11) is -3.53. The Bertz CT molecular complexity index is 515. The largest absolute Gasteiger partial charge is 0.315 e. The van der Waals surface area contributed by atoms with E-state index in [2.05, 4.69) is 26.0 Å². The van der Waals surface area contributed by atoms with Crippen LogP contribution >= 0.6 is 15.9 Å². The summed E-state index contributed by atoms with van der Waals surface area (Å²) in [6.07, 6.45) is 1.29. The van der Waals surface area contributed by atoms with E-state index in [-0.39, 0.29) is 11.4 Å². The molecule has 0 aliphatic carbocycles. The van der Waals surface area contributed by atoms with E-state index < -0.39 is 15.8 Å². The van der Waals surface area contributed by atoms with E-state index in [1.807, 2.05) is 13.8 Å². The fourth-order valence-electron chi connectivity index (χ4n) is 1.61. The molecule has 0 unspecified atom stereocenters. The number of para-hydroxylation sites is 1. The van der Waals surface area contributed by atoms with Gasteiger partial charge in [0.15, 0.2) is 0 Å². The maximum atomic E-state index is 13.5. The SMILES string of the molecule is CC(C)NCCCCS(=O)(=O)Nc1c(F)cccc1Br. The first-order valence-corrected chi connectivity index (χ1v) is 8.94. The van der Waals surface area contributed by atoms with Crippen molar-refractivity contribution in [1.82, 2.24) is 5.32 Å². The third-order valence-electron chi connectivity index (χ3n) is 2.61. The number of anilines is 1. The molecule has 1 rings (SSSR count). The van der Waals surface area contributed by atoms with E-state index in [9.17, 15) is 12.8 Å². The molecule has 0 heterocycles. The maximum Gasteiger partial charge on any atom is 0.232 e. The highest BCUT2D eigenvalue weighted by atomic mass is 79.9. The van der Waals surface area contributed by atoms with E-state index >= 15 is 0 Å². The molecule has 1 aromatic rings. The highest BCUT2D eigenvalue weighted by Gasteiger charge is 2.15. The third kappa shape index (κ3) is 6.19. The first-order valence-electron chi connectivity index (χ1n) is 6.50. The molecule has 4 nitrogen and oxygen atoms in total. The Morgan fingerprint density at radius 1 is 1.30 bits per heavy atom. The lowest BCUT2D eigenvalue weighted by atomic mass is 10.3. The number of hydrogen-bond donors (Lipinski definition) is 2. The lowest BCUT2D eigenvalue weighted by molar-refractivity contribution is 0.560. The van der Waals surface area contributed by atoms with Crippen LogP contribution in [0.15, 0.2) is 22.7 Å². The summed E-state index contributed by atoms with van der Waals surface area (Å²) < 4.78 is 40.0. The van der Waals surface area contributed by atoms with Crippen LogP contribution in [0.1, 0.15) is 26.7 Å². The van der Waals surface area contributed by atoms with Crippen LogP contribution in [0.3, 0.4) is 0 Å². The number of sulfonamides is 1. The molecule has 0 bridgehead atoms. The van der Waals surface area contributed by atoms with Gasteiger partial charge in [-0.3, -0.25) is 4.72 Å². The summed E-state index contributed by atoms with van der Waals surface area (Å²) in [6, 6.07) is 4.70. The fourth-order valence-corrected chi connectivity index (χ4v) is 3.39. The minimum Gasteiger partial charge on any atom is -0.315 e. The molecular formula is C13H20BrFN2O2S. The van der Waals surface area contributed by atoms with Gasteiger partial charge in [-0.15, -0.1) is 0 Å². The predicted molar refractivity (Wildman–Crippen MR) is 83.9 cm³/mol. The predicted octanol–water partition coefficient (Wildman–Crippen LogP) is 3.11. The van der Waals surface area contributed by atoms with Crippen molar-refractivity contribution in [3.8, 4) is 0 Å². The summed E-state index contributed by atoms with van der Waals surface area (Å²) in [5, 5.41) is 3.22. The van der Waals surface area contributed by atoms with E-state index in [1.165, 1.54) is 12.1 Å². The molecule has 0 saturated carbocycles. The summed E-state index contributed by atoms with van der Waals surface area (Å²) >= 11 is 3.13. The molecule has 0 saturated heterocycles. The zero-order valence-electron chi connectivity index (χ0n) is 11.6. The topological polar surface area (TPSA) is 58.2 Å². The Hall–Kier alpha value is -0.660. The number of nitrogens with one attached hydrogen (secondary N) is 2. The normalized spacial score (nSPS) is 11.8. The average Bonchev–Trinajstić information content (AvgIpc) is 2.33. The van der Waals surface area contributed by atoms with Crippen LogP contribution in [-0.2, 0) is 10.0 Å². The van der Waals surface area contributed by atoms with E-state index in [4.69, 9.17) is 0 Å². The fraction of sp³-hybridized carbons (Fsp3) is 0.538. The summed E-state index contributed by atoms with van der Waals surface area (Å²) in [5.41, 5.74) is -0.0344. The van der Waals surface area contributed by atoms with Crippen LogP contribution in [0, 0.1) is 5.82 Å². The van der Waals surface area contributed by atoms with Gasteiger partial charge in [0, 0.05) is 10.5 Å². The molecule has 0 radical (unpaired) electrons. The first-order chi connectivity index (χ1) is 9.32. The van der Waals surface area contributed by atoms with Crippen LogP contribution < -0.4 is 10.0 Å². The molecule has 0 aliphatic rings. The van der Waals surface area contributed by atoms with Crippen molar-refractivity contribution < 1.29 is 12.8 Å². The monoisotopic (exact) mass is 366 g/mol. The molecule has 0 aromatic heterocycles. The average molecular weight is 367 g/mol. The summed E-state index contributed by atoms with van der Waals surface area (Å²) in [6.45, 7) is 4.85. The summed E-state index contributed by atoms with van der Waals surface area (Å²) in [5.74, 6) is -0.613. The highest BCUT2D eigenvalue weighted by molar-refractivity contribution is 9.10. The molecule has 0 atom stereocenters. The zero-order chi connectivity index (χ0) is 15.2. The Labute approximate surface area is 128 Å². The first kappa shape index (κ1) is 17.4. The second-order valence-electron chi connectivity index (χ2n) is 4.83. The van der Waals surface area contributed by atoms with Gasteiger partial charge in [0.25, 0.3) is 0 Å². The second-order valence-corrected chi connectivity index (χ2v) is 7.53. The van der Waals surface area contributed by atoms with Gasteiger partial charge in [-0.1, -0.05) is 19.9 Å². The molecule has 0 spiro atoms. The van der Waals surface area contributed by atoms with E-state index in [0.29, 0.717) is 16.9 Å². The molecule has 2 N–H and O–H groups in total. The van der Waals surface area contributed by atoms with Crippen molar-refractivity contribution in [3.05, 3.63) is 28.5 Å². The van der Waals surface area contributed by atoms with Gasteiger partial charge in [0.05, 0.1) is 11.4 Å². The highest BCUT2D eigenvalue weighted by Crippen LogP contribution is 2.26. The van der Waals surface area contributed by atoms with Crippen molar-refractivity contribution in [2.45, 2.75) is 32.7 Å². The Balaban J connectivity index is 2.50. The van der Waals surface area contributed by atoms with Gasteiger partial charge in [0.2, 0.25) is 10.0 Å². The van der Waals surface area contributed by atoms with E-state index in [1.54, 1.807) is 6.07 Å². The zero-order valence-corrected chi connectivity index (χ0v) is 14.0. The van der Waals surface area contributed by atoms with Crippen LogP contribution in [-0.4, -0.2) is 26.8 Å². The van der Waals surface area contributed by atoms with Crippen molar-refractivity contribution in [1.29, 1.82) is 0 Å². The minimum atomic E-state index is -3.53.